The highest BCUT2D eigenvalue weighted by atomic mass is 32.2. The Hall–Kier alpha value is -3.68. The van der Waals surface area contributed by atoms with Crippen LogP contribution in [0.5, 0.6) is 0 Å². The summed E-state index contributed by atoms with van der Waals surface area (Å²) in [6.07, 6.45) is 1.63. The molecule has 1 saturated carbocycles. The van der Waals surface area contributed by atoms with Crippen molar-refractivity contribution in [3.63, 3.8) is 0 Å². The Bertz CT molecular complexity index is 1420. The predicted octanol–water partition coefficient (Wildman–Crippen LogP) is 3.20. The molecule has 3 atom stereocenters. The molecule has 3 amide bonds. The molecule has 47 heavy (non-hydrogen) atoms. The van der Waals surface area contributed by atoms with Gasteiger partial charge < -0.3 is 31.5 Å². The van der Waals surface area contributed by atoms with E-state index in [0.717, 1.165) is 31.2 Å². The first-order chi connectivity index (χ1) is 22.1. The maximum absolute atomic E-state index is 13.8. The number of benzene rings is 2. The van der Waals surface area contributed by atoms with Crippen LogP contribution in [0.1, 0.15) is 65.9 Å². The maximum atomic E-state index is 13.8. The van der Waals surface area contributed by atoms with E-state index in [4.69, 9.17) is 10.5 Å². The fraction of sp³-hybridized carbons (Fsp3) is 0.559. The van der Waals surface area contributed by atoms with Crippen molar-refractivity contribution >= 4 is 33.6 Å². The number of sulfonamides is 1. The van der Waals surface area contributed by atoms with Crippen LogP contribution in [0.2, 0.25) is 0 Å². The van der Waals surface area contributed by atoms with Crippen molar-refractivity contribution < 1.29 is 32.6 Å². The summed E-state index contributed by atoms with van der Waals surface area (Å²) in [5.74, 6) is -1.20. The summed E-state index contributed by atoms with van der Waals surface area (Å²) in [7, 11) is -4.02. The van der Waals surface area contributed by atoms with E-state index < -0.39 is 51.5 Å². The van der Waals surface area contributed by atoms with Crippen LogP contribution in [-0.4, -0.2) is 79.7 Å². The van der Waals surface area contributed by atoms with Gasteiger partial charge in [-0.15, -0.1) is 0 Å². The number of anilines is 1. The Labute approximate surface area is 278 Å². The number of hydrogen-bond acceptors (Lipinski definition) is 8. The first-order valence-corrected chi connectivity index (χ1v) is 17.6. The van der Waals surface area contributed by atoms with Gasteiger partial charge in [0.1, 0.15) is 18.7 Å². The molecule has 0 unspecified atom stereocenters. The molecule has 0 aromatic heterocycles. The van der Waals surface area contributed by atoms with Crippen molar-refractivity contribution in [3.8, 4) is 0 Å². The van der Waals surface area contributed by atoms with Crippen LogP contribution in [0.3, 0.4) is 0 Å². The molecule has 0 aliphatic heterocycles. The van der Waals surface area contributed by atoms with Gasteiger partial charge in [-0.05, 0) is 73.3 Å². The number of amides is 3. The van der Waals surface area contributed by atoms with E-state index in [9.17, 15) is 27.9 Å². The third-order valence-corrected chi connectivity index (χ3v) is 9.82. The fourth-order valence-electron chi connectivity index (χ4n) is 5.46. The fourth-order valence-corrected chi connectivity index (χ4v) is 7.08. The van der Waals surface area contributed by atoms with Gasteiger partial charge >= 0.3 is 6.09 Å². The molecular formula is C34H51N5O7S. The number of nitrogens with zero attached hydrogens (tertiary/aromatic N) is 1. The van der Waals surface area contributed by atoms with Gasteiger partial charge in [0.25, 0.3) is 0 Å². The first kappa shape index (κ1) is 37.8. The van der Waals surface area contributed by atoms with Gasteiger partial charge in [-0.1, -0.05) is 65.0 Å². The number of ether oxygens (including phenoxy) is 1. The number of aliphatic hydroxyl groups excluding tert-OH is 1. The molecule has 6 N–H and O–H groups in total. The van der Waals surface area contributed by atoms with Gasteiger partial charge in [-0.25, -0.2) is 13.2 Å². The third kappa shape index (κ3) is 11.8. The second-order valence-electron chi connectivity index (χ2n) is 13.7. The van der Waals surface area contributed by atoms with Gasteiger partial charge in [0, 0.05) is 18.8 Å². The van der Waals surface area contributed by atoms with Crippen molar-refractivity contribution in [1.82, 2.24) is 20.3 Å². The van der Waals surface area contributed by atoms with Crippen molar-refractivity contribution in [2.24, 2.45) is 11.3 Å². The topological polar surface area (TPSA) is 180 Å². The normalized spacial score (nSPS) is 16.0. The van der Waals surface area contributed by atoms with Crippen LogP contribution in [-0.2, 0) is 30.8 Å². The van der Waals surface area contributed by atoms with Crippen LogP contribution in [0.4, 0.5) is 10.5 Å². The Morgan fingerprint density at radius 1 is 0.979 bits per heavy atom. The minimum absolute atomic E-state index is 0.0411. The number of nitrogens with one attached hydrogen (secondary N) is 3. The molecular weight excluding hydrogens is 622 g/mol. The lowest BCUT2D eigenvalue weighted by molar-refractivity contribution is -0.132. The number of nitrogen functional groups attached to an aromatic ring is 1. The molecule has 1 aliphatic carbocycles. The lowest BCUT2D eigenvalue weighted by Gasteiger charge is -2.34. The molecule has 3 rings (SSSR count). The molecule has 2 aromatic carbocycles. The van der Waals surface area contributed by atoms with Crippen LogP contribution in [0.25, 0.3) is 0 Å². The highest BCUT2D eigenvalue weighted by molar-refractivity contribution is 7.89. The zero-order valence-electron chi connectivity index (χ0n) is 28.1. The molecule has 2 aromatic rings. The van der Waals surface area contributed by atoms with E-state index in [1.807, 2.05) is 44.2 Å². The lowest BCUT2D eigenvalue weighted by Crippen LogP contribution is -2.59. The maximum Gasteiger partial charge on any atom is 0.407 e. The molecule has 0 heterocycles. The van der Waals surface area contributed by atoms with Crippen LogP contribution in [0, 0.1) is 11.3 Å². The number of aliphatic hydroxyl groups is 1. The Balaban J connectivity index is 1.78. The summed E-state index contributed by atoms with van der Waals surface area (Å²) < 4.78 is 33.9. The molecule has 0 spiro atoms. The summed E-state index contributed by atoms with van der Waals surface area (Å²) >= 11 is 0. The predicted molar refractivity (Wildman–Crippen MR) is 181 cm³/mol. The summed E-state index contributed by atoms with van der Waals surface area (Å²) in [6.45, 7) is 8.56. The van der Waals surface area contributed by atoms with E-state index in [-0.39, 0.29) is 43.0 Å². The van der Waals surface area contributed by atoms with Gasteiger partial charge in [0.2, 0.25) is 21.8 Å². The Kier molecular flexibility index (Phi) is 13.6. The zero-order chi connectivity index (χ0) is 34.8. The van der Waals surface area contributed by atoms with Gasteiger partial charge in [-0.2, -0.15) is 4.31 Å². The third-order valence-electron chi connectivity index (χ3n) is 7.97. The standard InChI is InChI=1S/C34H51N5O7S/c1-23(2)21-39(47(44,45)27-17-15-25(35)16-18-27)22-29(40)28(19-24-11-7-6-8-12-24)37-32(42)31(34(3,4)5)38-30(41)20-36-33(43)46-26-13-9-10-14-26/h6-8,11-12,15-18,23,26,28-29,31,40H,9-10,13-14,19-22,35H2,1-5H3,(H,36,43)(H,37,42)(H,38,41)/t28-,29+,31+/m0/s1. The highest BCUT2D eigenvalue weighted by Gasteiger charge is 2.37. The molecule has 1 aliphatic rings. The average molecular weight is 674 g/mol. The minimum Gasteiger partial charge on any atom is -0.446 e. The molecule has 1 fully saturated rings. The SMILES string of the molecule is CC(C)CN(C[C@@H](O)[C@H](Cc1ccccc1)NC(=O)[C@@H](NC(=O)CNC(=O)OC1CCCC1)C(C)(C)C)S(=O)(=O)c1ccc(N)cc1. The van der Waals surface area contributed by atoms with E-state index in [1.54, 1.807) is 20.8 Å². The summed E-state index contributed by atoms with van der Waals surface area (Å²) in [6, 6.07) is 13.1. The van der Waals surface area contributed by atoms with E-state index in [0.29, 0.717) is 5.69 Å². The van der Waals surface area contributed by atoms with E-state index >= 15 is 0 Å². The van der Waals surface area contributed by atoms with Crippen molar-refractivity contribution in [1.29, 1.82) is 0 Å². The number of nitrogens with two attached hydrogens (primary N) is 1. The largest absolute Gasteiger partial charge is 0.446 e. The second-order valence-corrected chi connectivity index (χ2v) is 15.6. The van der Waals surface area contributed by atoms with Crippen LogP contribution in [0.15, 0.2) is 59.5 Å². The number of rotatable bonds is 15. The van der Waals surface area contributed by atoms with Crippen molar-refractivity contribution in [2.45, 2.75) is 95.9 Å². The molecule has 13 heteroatoms. The zero-order valence-corrected chi connectivity index (χ0v) is 28.9. The number of hydrogen-bond donors (Lipinski definition) is 5. The second kappa shape index (κ2) is 16.9. The van der Waals surface area contributed by atoms with Gasteiger partial charge in [-0.3, -0.25) is 9.59 Å². The number of alkyl carbamates (subject to hydrolysis) is 1. The summed E-state index contributed by atoms with van der Waals surface area (Å²) in [4.78, 5) is 38.9. The highest BCUT2D eigenvalue weighted by Crippen LogP contribution is 2.23. The van der Waals surface area contributed by atoms with Gasteiger partial charge in [0.15, 0.2) is 0 Å². The molecule has 0 radical (unpaired) electrons. The lowest BCUT2D eigenvalue weighted by atomic mass is 9.85. The smallest absolute Gasteiger partial charge is 0.407 e. The Morgan fingerprint density at radius 3 is 2.17 bits per heavy atom. The average Bonchev–Trinajstić information content (AvgIpc) is 3.51. The van der Waals surface area contributed by atoms with Crippen molar-refractivity contribution in [3.05, 3.63) is 60.2 Å². The van der Waals surface area contributed by atoms with Crippen LogP contribution < -0.4 is 21.7 Å². The van der Waals surface area contributed by atoms with Crippen LogP contribution >= 0.6 is 0 Å². The van der Waals surface area contributed by atoms with Gasteiger partial charge in [0.05, 0.1) is 17.0 Å². The number of carbonyl (C=O) groups excluding carboxylic acids is 3. The summed E-state index contributed by atoms with van der Waals surface area (Å²) in [5.41, 5.74) is 6.25. The quantitative estimate of drug-likeness (QED) is 0.179. The molecule has 0 saturated heterocycles. The molecule has 0 bridgehead atoms. The molecule has 260 valence electrons. The monoisotopic (exact) mass is 673 g/mol. The number of carbonyl (C=O) groups is 3. The Morgan fingerprint density at radius 2 is 1.60 bits per heavy atom. The molecule has 12 nitrogen and oxygen atoms in total. The first-order valence-electron chi connectivity index (χ1n) is 16.2. The van der Waals surface area contributed by atoms with E-state index in [2.05, 4.69) is 16.0 Å². The summed E-state index contributed by atoms with van der Waals surface area (Å²) in [5, 5.41) is 19.7. The minimum atomic E-state index is -4.02. The van der Waals surface area contributed by atoms with Crippen molar-refractivity contribution in [2.75, 3.05) is 25.4 Å². The van der Waals surface area contributed by atoms with E-state index in [1.165, 1.54) is 28.6 Å².